The van der Waals surface area contributed by atoms with Crippen LogP contribution in [0.2, 0.25) is 5.15 Å². The molecule has 0 bridgehead atoms. The van der Waals surface area contributed by atoms with Crippen molar-refractivity contribution in [1.29, 1.82) is 0 Å². The zero-order chi connectivity index (χ0) is 15.9. The number of carbonyl (C=O) groups is 1. The third kappa shape index (κ3) is 4.20. The van der Waals surface area contributed by atoms with E-state index in [4.69, 9.17) is 26.2 Å². The molecule has 0 aliphatic rings. The van der Waals surface area contributed by atoms with Crippen molar-refractivity contribution in [2.24, 2.45) is 0 Å². The van der Waals surface area contributed by atoms with Gasteiger partial charge in [-0.2, -0.15) is 0 Å². The van der Waals surface area contributed by atoms with Gasteiger partial charge in [0, 0.05) is 12.5 Å². The van der Waals surface area contributed by atoms with Crippen LogP contribution in [0.4, 0.5) is 0 Å². The number of aliphatic carboxylic acids is 1. The summed E-state index contributed by atoms with van der Waals surface area (Å²) < 4.78 is 10.4. The summed E-state index contributed by atoms with van der Waals surface area (Å²) in [6, 6.07) is 8.53. The second-order valence-corrected chi connectivity index (χ2v) is 4.64. The third-order valence-corrected chi connectivity index (χ3v) is 2.92. The number of hydrogen-bond acceptors (Lipinski definition) is 5. The molecule has 22 heavy (non-hydrogen) atoms. The highest BCUT2D eigenvalue weighted by Crippen LogP contribution is 2.26. The summed E-state index contributed by atoms with van der Waals surface area (Å²) in [5.74, 6) is -0.290. The number of hydrogen-bond donors (Lipinski definition) is 1. The first kappa shape index (κ1) is 15.8. The monoisotopic (exact) mass is 320 g/mol. The van der Waals surface area contributed by atoms with E-state index in [1.807, 2.05) is 0 Å². The molecule has 0 amide bonds. The molecule has 0 fully saturated rings. The predicted molar refractivity (Wildman–Crippen MR) is 80.0 cm³/mol. The molecule has 1 heterocycles. The highest BCUT2D eigenvalue weighted by Gasteiger charge is 2.13. The van der Waals surface area contributed by atoms with Gasteiger partial charge >= 0.3 is 5.97 Å². The molecule has 2 aromatic rings. The number of carboxylic acid groups (broad SMARTS) is 1. The fourth-order valence-corrected chi connectivity index (χ4v) is 1.89. The van der Waals surface area contributed by atoms with Crippen molar-refractivity contribution in [1.82, 2.24) is 9.97 Å². The number of carboxylic acids is 1. The number of aromatic nitrogens is 2. The van der Waals surface area contributed by atoms with Gasteiger partial charge in [0.15, 0.2) is 0 Å². The summed E-state index contributed by atoms with van der Waals surface area (Å²) >= 11 is 5.78. The van der Waals surface area contributed by atoms with E-state index in [0.717, 1.165) is 0 Å². The smallest absolute Gasteiger partial charge is 0.335 e. The van der Waals surface area contributed by atoms with Crippen molar-refractivity contribution in [3.8, 4) is 11.6 Å². The van der Waals surface area contributed by atoms with E-state index in [0.29, 0.717) is 11.3 Å². The molecule has 0 aliphatic carbocycles. The Kier molecular flexibility index (Phi) is 5.32. The van der Waals surface area contributed by atoms with Crippen LogP contribution in [-0.2, 0) is 16.0 Å². The lowest BCUT2D eigenvalue weighted by atomic mass is 10.1. The van der Waals surface area contributed by atoms with E-state index < -0.39 is 5.97 Å². The van der Waals surface area contributed by atoms with Gasteiger partial charge in [-0.3, -0.25) is 0 Å². The van der Waals surface area contributed by atoms with Crippen molar-refractivity contribution in [3.63, 3.8) is 0 Å². The lowest BCUT2D eigenvalue weighted by Crippen LogP contribution is -2.05. The number of nitrogens with zero attached hydrogens (tertiary/aromatic N) is 2. The van der Waals surface area contributed by atoms with E-state index in [1.165, 1.54) is 25.8 Å². The maximum Gasteiger partial charge on any atom is 0.335 e. The number of benzene rings is 1. The molecule has 0 saturated carbocycles. The summed E-state index contributed by atoms with van der Waals surface area (Å²) in [5.41, 5.74) is 0.794. The van der Waals surface area contributed by atoms with Gasteiger partial charge in [0.1, 0.15) is 17.2 Å². The lowest BCUT2D eigenvalue weighted by molar-refractivity contribution is -0.132. The molecule has 1 aromatic carbocycles. The van der Waals surface area contributed by atoms with E-state index in [9.17, 15) is 4.79 Å². The topological polar surface area (TPSA) is 81.5 Å². The summed E-state index contributed by atoms with van der Waals surface area (Å²) in [4.78, 5) is 18.9. The lowest BCUT2D eigenvalue weighted by Gasteiger charge is -2.10. The van der Waals surface area contributed by atoms with Crippen molar-refractivity contribution < 1.29 is 19.4 Å². The third-order valence-electron chi connectivity index (χ3n) is 2.71. The number of para-hydroxylation sites is 1. The van der Waals surface area contributed by atoms with Gasteiger partial charge in [-0.05, 0) is 11.6 Å². The second-order valence-electron chi connectivity index (χ2n) is 4.25. The Labute approximate surface area is 132 Å². The van der Waals surface area contributed by atoms with Crippen LogP contribution in [0.3, 0.4) is 0 Å². The molecule has 0 atom stereocenters. The van der Waals surface area contributed by atoms with Crippen LogP contribution in [0.15, 0.2) is 48.5 Å². The van der Waals surface area contributed by atoms with E-state index >= 15 is 0 Å². The van der Waals surface area contributed by atoms with Gasteiger partial charge in [-0.1, -0.05) is 29.8 Å². The Morgan fingerprint density at radius 2 is 2.14 bits per heavy atom. The summed E-state index contributed by atoms with van der Waals surface area (Å²) in [6.45, 7) is 0. The van der Waals surface area contributed by atoms with Gasteiger partial charge in [0.2, 0.25) is 5.88 Å². The first-order valence-electron chi connectivity index (χ1n) is 6.28. The number of rotatable bonds is 6. The molecule has 0 radical (unpaired) electrons. The first-order chi connectivity index (χ1) is 10.6. The Morgan fingerprint density at radius 1 is 1.36 bits per heavy atom. The zero-order valence-corrected chi connectivity index (χ0v) is 12.4. The van der Waals surface area contributed by atoms with Crippen molar-refractivity contribution in [2.45, 2.75) is 6.42 Å². The maximum absolute atomic E-state index is 11.2. The van der Waals surface area contributed by atoms with E-state index in [-0.39, 0.29) is 23.0 Å². The molecule has 0 spiro atoms. The minimum Gasteiger partial charge on any atom is -0.504 e. The first-order valence-corrected chi connectivity index (χ1v) is 6.66. The SMILES string of the molecule is CO/C=C(\Cc1ccccc1Oc1cc(Cl)ncn1)C(=O)O. The van der Waals surface area contributed by atoms with Crippen molar-refractivity contribution in [3.05, 3.63) is 59.2 Å². The normalized spacial score (nSPS) is 11.1. The van der Waals surface area contributed by atoms with Crippen molar-refractivity contribution in [2.75, 3.05) is 7.11 Å². The molecular formula is C15H13ClN2O4. The molecule has 0 saturated heterocycles. The molecule has 2 rings (SSSR count). The highest BCUT2D eigenvalue weighted by molar-refractivity contribution is 6.29. The fourth-order valence-electron chi connectivity index (χ4n) is 1.75. The largest absolute Gasteiger partial charge is 0.504 e. The molecule has 6 nitrogen and oxygen atoms in total. The minimum absolute atomic E-state index is 0.110. The highest BCUT2D eigenvalue weighted by atomic mass is 35.5. The van der Waals surface area contributed by atoms with Crippen LogP contribution in [0.5, 0.6) is 11.6 Å². The molecule has 114 valence electrons. The molecule has 0 unspecified atom stereocenters. The van der Waals surface area contributed by atoms with E-state index in [2.05, 4.69) is 9.97 Å². The van der Waals surface area contributed by atoms with Crippen molar-refractivity contribution >= 4 is 17.6 Å². The van der Waals surface area contributed by atoms with Gasteiger partial charge in [0.05, 0.1) is 18.9 Å². The maximum atomic E-state index is 11.2. The average Bonchev–Trinajstić information content (AvgIpc) is 2.48. The van der Waals surface area contributed by atoms with Crippen LogP contribution < -0.4 is 4.74 Å². The quantitative estimate of drug-likeness (QED) is 0.500. The Hall–Kier alpha value is -2.60. The van der Waals surface area contributed by atoms with Crippen LogP contribution in [-0.4, -0.2) is 28.2 Å². The van der Waals surface area contributed by atoms with Crippen LogP contribution >= 0.6 is 11.6 Å². The Bertz CT molecular complexity index is 703. The Morgan fingerprint density at radius 3 is 2.82 bits per heavy atom. The minimum atomic E-state index is -1.05. The second kappa shape index (κ2) is 7.42. The molecule has 1 N–H and O–H groups in total. The number of halogens is 1. The van der Waals surface area contributed by atoms with Gasteiger partial charge in [-0.25, -0.2) is 14.8 Å². The standard InChI is InChI=1S/C15H13ClN2O4/c1-21-8-11(15(19)20)6-10-4-2-3-5-12(10)22-14-7-13(16)17-9-18-14/h2-5,7-9H,6H2,1H3,(H,19,20)/b11-8+. The molecule has 7 heteroatoms. The van der Waals surface area contributed by atoms with Gasteiger partial charge in [0.25, 0.3) is 0 Å². The Balaban J connectivity index is 2.27. The summed E-state index contributed by atoms with van der Waals surface area (Å²) in [6.07, 6.45) is 2.63. The molecule has 1 aromatic heterocycles. The van der Waals surface area contributed by atoms with Crippen LogP contribution in [0.25, 0.3) is 0 Å². The number of methoxy groups -OCH3 is 1. The van der Waals surface area contributed by atoms with Crippen LogP contribution in [0, 0.1) is 0 Å². The van der Waals surface area contributed by atoms with Gasteiger partial charge in [-0.15, -0.1) is 0 Å². The van der Waals surface area contributed by atoms with Gasteiger partial charge < -0.3 is 14.6 Å². The summed E-state index contributed by atoms with van der Waals surface area (Å²) in [7, 11) is 1.40. The van der Waals surface area contributed by atoms with E-state index in [1.54, 1.807) is 24.3 Å². The predicted octanol–water partition coefficient (Wildman–Crippen LogP) is 3.08. The zero-order valence-electron chi connectivity index (χ0n) is 11.7. The molecular weight excluding hydrogens is 308 g/mol. The fraction of sp³-hybridized carbons (Fsp3) is 0.133. The average molecular weight is 321 g/mol. The molecule has 0 aliphatic heterocycles. The summed E-state index contributed by atoms with van der Waals surface area (Å²) in [5, 5.41) is 9.41. The van der Waals surface area contributed by atoms with Crippen LogP contribution in [0.1, 0.15) is 5.56 Å². The number of ether oxygens (including phenoxy) is 2.